The molecule has 1 aliphatic carbocycles. The summed E-state index contributed by atoms with van der Waals surface area (Å²) < 4.78 is 87.9. The van der Waals surface area contributed by atoms with Crippen LogP contribution in [0.25, 0.3) is 11.6 Å². The highest BCUT2D eigenvalue weighted by atomic mass is 19.4. The van der Waals surface area contributed by atoms with Gasteiger partial charge in [0.25, 0.3) is 0 Å². The number of alkyl halides is 6. The lowest BCUT2D eigenvalue weighted by Crippen LogP contribution is -2.35. The van der Waals surface area contributed by atoms with E-state index in [1.54, 1.807) is 0 Å². The molecule has 0 saturated carbocycles. The molecule has 12 heteroatoms. The number of aliphatic hydroxyl groups is 1. The highest BCUT2D eigenvalue weighted by Gasteiger charge is 2.57. The minimum atomic E-state index is -5.16. The first-order chi connectivity index (χ1) is 23.1. The molecule has 3 aromatic carbocycles. The van der Waals surface area contributed by atoms with Crippen LogP contribution in [0.5, 0.6) is 5.75 Å². The van der Waals surface area contributed by atoms with E-state index in [0.29, 0.717) is 41.0 Å². The summed E-state index contributed by atoms with van der Waals surface area (Å²) in [5.41, 5.74) is 1.30. The third-order valence-electron chi connectivity index (χ3n) is 9.70. The zero-order chi connectivity index (χ0) is 35.4. The first-order valence-electron chi connectivity index (χ1n) is 15.8. The van der Waals surface area contributed by atoms with Gasteiger partial charge in [-0.05, 0) is 102 Å². The molecule has 2 heterocycles. The molecular formula is C37H33F6NO5. The van der Waals surface area contributed by atoms with E-state index in [0.717, 1.165) is 27.8 Å². The van der Waals surface area contributed by atoms with Crippen LogP contribution in [0.2, 0.25) is 0 Å². The molecule has 0 unspecified atom stereocenters. The van der Waals surface area contributed by atoms with E-state index in [1.807, 2.05) is 62.4 Å². The number of rotatable bonds is 7. The Morgan fingerprint density at radius 1 is 0.898 bits per heavy atom. The van der Waals surface area contributed by atoms with Crippen molar-refractivity contribution in [1.82, 2.24) is 0 Å². The zero-order valence-electron chi connectivity index (χ0n) is 26.5. The Hall–Kier alpha value is -4.42. The van der Waals surface area contributed by atoms with Crippen molar-refractivity contribution in [3.8, 4) is 5.75 Å². The molecule has 2 amide bonds. The van der Waals surface area contributed by atoms with Crippen molar-refractivity contribution < 1.29 is 50.9 Å². The van der Waals surface area contributed by atoms with E-state index < -0.39 is 71.4 Å². The normalized spacial score (nSPS) is 23.0. The molecule has 6 nitrogen and oxygen atoms in total. The van der Waals surface area contributed by atoms with E-state index in [4.69, 9.17) is 4.74 Å². The van der Waals surface area contributed by atoms with Gasteiger partial charge in [0.1, 0.15) is 5.75 Å². The Kier molecular flexibility index (Phi) is 8.99. The molecule has 0 spiro atoms. The number of hydrogen-bond acceptors (Lipinski definition) is 5. The topological polar surface area (TPSA) is 87.1 Å². The number of anilines is 1. The summed E-state index contributed by atoms with van der Waals surface area (Å²) in [5.74, 6) is -4.42. The number of aromatic hydroxyl groups is 1. The predicted molar refractivity (Wildman–Crippen MR) is 169 cm³/mol. The molecule has 3 aliphatic rings. The van der Waals surface area contributed by atoms with Crippen LogP contribution in [-0.4, -0.2) is 41.3 Å². The maximum atomic E-state index is 13.8. The molecule has 0 aromatic heterocycles. The van der Waals surface area contributed by atoms with Crippen molar-refractivity contribution in [2.24, 2.45) is 17.8 Å². The van der Waals surface area contributed by atoms with E-state index >= 15 is 0 Å². The largest absolute Gasteiger partial charge is 0.507 e. The second kappa shape index (κ2) is 12.8. The second-order valence-electron chi connectivity index (χ2n) is 12.8. The number of phenols is 1. The number of carbonyl (C=O) groups is 2. The number of aliphatic hydroxyl groups excluding tert-OH is 1. The quantitative estimate of drug-likeness (QED) is 0.114. The Morgan fingerprint density at radius 3 is 2.08 bits per heavy atom. The van der Waals surface area contributed by atoms with Gasteiger partial charge in [0.15, 0.2) is 0 Å². The zero-order valence-corrected chi connectivity index (χ0v) is 26.5. The van der Waals surface area contributed by atoms with Crippen LogP contribution in [-0.2, 0) is 26.7 Å². The maximum absolute atomic E-state index is 13.8. The first-order valence-corrected chi connectivity index (χ1v) is 15.8. The molecule has 2 N–H and O–H groups in total. The lowest BCUT2D eigenvalue weighted by molar-refractivity contribution is -0.143. The molecule has 258 valence electrons. The number of nitrogens with zero attached hydrogens (tertiary/aromatic N) is 1. The number of hydrogen-bond donors (Lipinski definition) is 2. The summed E-state index contributed by atoms with van der Waals surface area (Å²) in [6.07, 6.45) is -8.00. The molecule has 3 aromatic rings. The lowest BCUT2D eigenvalue weighted by atomic mass is 9.69. The van der Waals surface area contributed by atoms with Gasteiger partial charge in [-0.25, -0.2) is 4.90 Å². The molecule has 4 atom stereocenters. The minimum absolute atomic E-state index is 0.00530. The van der Waals surface area contributed by atoms with Crippen LogP contribution in [0, 0.1) is 31.6 Å². The summed E-state index contributed by atoms with van der Waals surface area (Å²) in [4.78, 5) is 27.9. The van der Waals surface area contributed by atoms with Gasteiger partial charge >= 0.3 is 12.4 Å². The van der Waals surface area contributed by atoms with Crippen LogP contribution in [0.1, 0.15) is 52.6 Å². The Morgan fingerprint density at radius 2 is 1.51 bits per heavy atom. The maximum Gasteiger partial charge on any atom is 0.416 e. The van der Waals surface area contributed by atoms with E-state index in [2.05, 4.69) is 0 Å². The van der Waals surface area contributed by atoms with Gasteiger partial charge in [0, 0.05) is 5.92 Å². The number of aryl methyl sites for hydroxylation is 2. The van der Waals surface area contributed by atoms with Gasteiger partial charge in [-0.3, -0.25) is 9.59 Å². The standard InChI is InChI=1S/C37H33F6NO5/c1-19-10-21(11-20(2)33(19)46)12-23(22-6-4-3-5-7-22)8-9-30-31-24(17-45)13-28-32(29(31)18-49-30)35(48)44(34(28)47)27-15-25(36(38,39)40)14-26(16-27)37(41,42)43/h3-7,10-12,14-16,28-30,32,45-46H,8-9,13,17-18H2,1-2H3/b23-12-/t28-,29+,30-,32-/m1/s1. The highest BCUT2D eigenvalue weighted by Crippen LogP contribution is 2.51. The van der Waals surface area contributed by atoms with Crippen molar-refractivity contribution >= 4 is 29.2 Å². The van der Waals surface area contributed by atoms with Crippen molar-refractivity contribution in [2.75, 3.05) is 18.1 Å². The van der Waals surface area contributed by atoms with Crippen LogP contribution >= 0.6 is 0 Å². The number of imide groups is 1. The Labute approximate surface area is 278 Å². The number of fused-ring (bicyclic) bond motifs is 3. The summed E-state index contributed by atoms with van der Waals surface area (Å²) in [5, 5.41) is 20.6. The second-order valence-corrected chi connectivity index (χ2v) is 12.8. The molecule has 0 bridgehead atoms. The number of allylic oxidation sites excluding steroid dienone is 1. The minimum Gasteiger partial charge on any atom is -0.507 e. The molecule has 6 rings (SSSR count). The fourth-order valence-corrected chi connectivity index (χ4v) is 7.45. The summed E-state index contributed by atoms with van der Waals surface area (Å²) in [6.45, 7) is 3.17. The van der Waals surface area contributed by atoms with Crippen molar-refractivity contribution in [3.05, 3.63) is 105 Å². The Balaban J connectivity index is 1.30. The van der Waals surface area contributed by atoms with Gasteiger partial charge < -0.3 is 14.9 Å². The van der Waals surface area contributed by atoms with Gasteiger partial charge in [-0.2, -0.15) is 26.3 Å². The van der Waals surface area contributed by atoms with Gasteiger partial charge in [0.05, 0.1) is 48.0 Å². The molecule has 2 fully saturated rings. The Bertz CT molecular complexity index is 1810. The molecule has 0 radical (unpaired) electrons. The van der Waals surface area contributed by atoms with E-state index in [-0.39, 0.29) is 24.8 Å². The summed E-state index contributed by atoms with van der Waals surface area (Å²) in [6, 6.07) is 14.1. The highest BCUT2D eigenvalue weighted by molar-refractivity contribution is 6.22. The van der Waals surface area contributed by atoms with Crippen LogP contribution in [0.4, 0.5) is 32.0 Å². The third-order valence-corrected chi connectivity index (χ3v) is 9.70. The average Bonchev–Trinajstić information content (AvgIpc) is 3.58. The lowest BCUT2D eigenvalue weighted by Gasteiger charge is -2.31. The number of phenolic OH excluding ortho intramolecular Hbond substituents is 1. The van der Waals surface area contributed by atoms with Crippen molar-refractivity contribution in [1.29, 1.82) is 0 Å². The predicted octanol–water partition coefficient (Wildman–Crippen LogP) is 7.88. The molecule has 2 saturated heterocycles. The van der Waals surface area contributed by atoms with Gasteiger partial charge in [-0.1, -0.05) is 36.4 Å². The average molecular weight is 686 g/mol. The van der Waals surface area contributed by atoms with E-state index in [9.17, 15) is 46.1 Å². The first kappa shape index (κ1) is 34.4. The smallest absolute Gasteiger partial charge is 0.416 e. The number of amides is 2. The molecule has 2 aliphatic heterocycles. The number of ether oxygens (including phenoxy) is 1. The van der Waals surface area contributed by atoms with Crippen LogP contribution < -0.4 is 4.90 Å². The van der Waals surface area contributed by atoms with Crippen molar-refractivity contribution in [3.63, 3.8) is 0 Å². The third kappa shape index (κ3) is 6.51. The molecule has 49 heavy (non-hydrogen) atoms. The summed E-state index contributed by atoms with van der Waals surface area (Å²) >= 11 is 0. The molecular weight excluding hydrogens is 652 g/mol. The van der Waals surface area contributed by atoms with Crippen LogP contribution in [0.15, 0.2) is 71.8 Å². The summed E-state index contributed by atoms with van der Waals surface area (Å²) in [7, 11) is 0. The SMILES string of the molecule is Cc1cc(/C=C(/CC[C@H]2OC[C@H]3C2=C(CO)C[C@H]2C(=O)N(c4cc(C(F)(F)F)cc(C(F)(F)F)c4)C(=O)[C@H]23)c2ccccc2)cc(C)c1O. The van der Waals surface area contributed by atoms with Gasteiger partial charge in [-0.15, -0.1) is 0 Å². The number of benzene rings is 3. The van der Waals surface area contributed by atoms with E-state index in [1.165, 1.54) is 0 Å². The number of carbonyl (C=O) groups excluding carboxylic acids is 2. The van der Waals surface area contributed by atoms with Crippen molar-refractivity contribution in [2.45, 2.75) is 51.6 Å². The monoisotopic (exact) mass is 685 g/mol. The fourth-order valence-electron chi connectivity index (χ4n) is 7.45. The van der Waals surface area contributed by atoms with Crippen LogP contribution in [0.3, 0.4) is 0 Å². The fraction of sp³-hybridized carbons (Fsp3) is 0.351. The number of halogens is 6. The van der Waals surface area contributed by atoms with Gasteiger partial charge in [0.2, 0.25) is 11.8 Å².